The second-order valence-corrected chi connectivity index (χ2v) is 29.4. The van der Waals surface area contributed by atoms with Crippen molar-refractivity contribution >= 4 is 23.9 Å². The lowest BCUT2D eigenvalue weighted by Crippen LogP contribution is -2.43. The third kappa shape index (κ3) is 76.2. The summed E-state index contributed by atoms with van der Waals surface area (Å²) >= 11 is 0. The van der Waals surface area contributed by atoms with E-state index < -0.39 is 5.41 Å². The van der Waals surface area contributed by atoms with Gasteiger partial charge in [0, 0.05) is 25.7 Å². The average Bonchev–Trinajstić information content (AvgIpc) is 1.51. The topological polar surface area (TPSA) is 142 Å². The van der Waals surface area contributed by atoms with Crippen molar-refractivity contribution in [1.29, 1.82) is 0 Å². The van der Waals surface area contributed by atoms with Crippen molar-refractivity contribution in [2.75, 3.05) is 79.3 Å². The molecule has 576 valence electrons. The molecule has 0 rings (SSSR count). The van der Waals surface area contributed by atoms with Crippen LogP contribution < -0.4 is 0 Å². The van der Waals surface area contributed by atoms with Gasteiger partial charge in [0.15, 0.2) is 0 Å². The van der Waals surface area contributed by atoms with E-state index in [-0.39, 0.29) is 103 Å². The van der Waals surface area contributed by atoms with Crippen LogP contribution in [0.2, 0.25) is 0 Å². The Morgan fingerprint density at radius 2 is 0.299 bits per heavy atom. The van der Waals surface area contributed by atoms with Crippen LogP contribution in [-0.2, 0) is 57.1 Å². The predicted octanol–water partition coefficient (Wildman–Crippen LogP) is 25.3. The molecule has 97 heavy (non-hydrogen) atoms. The third-order valence-corrected chi connectivity index (χ3v) is 19.5. The van der Waals surface area contributed by atoms with Crippen molar-refractivity contribution in [3.63, 3.8) is 0 Å². The van der Waals surface area contributed by atoms with Gasteiger partial charge in [-0.1, -0.05) is 387 Å². The van der Waals surface area contributed by atoms with Crippen LogP contribution in [0.5, 0.6) is 0 Å². The number of carbonyl (C=O) groups is 4. The number of rotatable bonds is 84. The molecule has 0 fully saturated rings. The molecule has 0 saturated heterocycles. The van der Waals surface area contributed by atoms with E-state index in [1.165, 1.54) is 308 Å². The molecule has 0 radical (unpaired) electrons. The summed E-state index contributed by atoms with van der Waals surface area (Å²) in [5.41, 5.74) is -0.842. The Balaban J connectivity index is 5.32. The molecule has 12 heteroatoms. The van der Waals surface area contributed by atoms with Crippen LogP contribution in [0.15, 0.2) is 0 Å². The smallest absolute Gasteiger partial charge is 0.305 e. The van der Waals surface area contributed by atoms with Gasteiger partial charge < -0.3 is 37.9 Å². The molecule has 0 aromatic heterocycles. The van der Waals surface area contributed by atoms with Crippen LogP contribution in [0.4, 0.5) is 0 Å². The molecule has 12 nitrogen and oxygen atoms in total. The first-order valence-electron chi connectivity index (χ1n) is 42.8. The SMILES string of the molecule is CCCCCCCCCCCCCCCCCC(=O)OCCOCC(COCCOC(=O)CCCCCCCCCCCCCCCCC)(COCCOC(=O)CCCCCCCCCCCCCCCCC)COCCOC(=O)CCCCCCCCCCCCCCCCC. The summed E-state index contributed by atoms with van der Waals surface area (Å²) in [6.45, 7) is 10.9. The standard InChI is InChI=1S/C85H164O12/c1-5-9-13-17-21-25-29-33-37-41-45-49-53-57-61-65-81(86)94-73-69-90-77-85(78-91-70-74-95-82(87)66-62-58-54-50-46-42-38-34-30-26-22-18-14-10-6-2,79-92-71-75-96-83(88)67-63-59-55-51-47-43-39-35-31-27-23-19-15-11-7-3)80-93-72-76-97-84(89)68-64-60-56-52-48-44-40-36-32-28-24-20-16-12-8-4/h5-80H2,1-4H3. The molecular weight excluding hydrogens is 1210 g/mol. The zero-order chi connectivity index (χ0) is 70.2. The lowest BCUT2D eigenvalue weighted by molar-refractivity contribution is -0.151. The molecule has 0 heterocycles. The Hall–Kier alpha value is -2.28. The number of unbranched alkanes of at least 4 members (excludes halogenated alkanes) is 56. The molecule has 0 aliphatic heterocycles. The van der Waals surface area contributed by atoms with E-state index in [1.54, 1.807) is 0 Å². The van der Waals surface area contributed by atoms with Crippen molar-refractivity contribution in [2.24, 2.45) is 5.41 Å². The van der Waals surface area contributed by atoms with E-state index in [1.807, 2.05) is 0 Å². The summed E-state index contributed by atoms with van der Waals surface area (Å²) in [6.07, 6.45) is 78.0. The zero-order valence-electron chi connectivity index (χ0n) is 65.1. The Labute approximate surface area is 601 Å². The van der Waals surface area contributed by atoms with Crippen LogP contribution in [0.3, 0.4) is 0 Å². The number of esters is 4. The molecule has 0 amide bonds. The highest BCUT2D eigenvalue weighted by atomic mass is 16.6. The molecule has 0 N–H and O–H groups in total. The normalized spacial score (nSPS) is 11.7. The summed E-state index contributed by atoms with van der Waals surface area (Å²) in [4.78, 5) is 51.2. The fourth-order valence-corrected chi connectivity index (χ4v) is 13.1. The van der Waals surface area contributed by atoms with E-state index in [2.05, 4.69) is 27.7 Å². The van der Waals surface area contributed by atoms with E-state index >= 15 is 0 Å². The van der Waals surface area contributed by atoms with Crippen LogP contribution in [0.1, 0.15) is 439 Å². The van der Waals surface area contributed by atoms with Gasteiger partial charge in [0.25, 0.3) is 0 Å². The fraction of sp³-hybridized carbons (Fsp3) is 0.953. The van der Waals surface area contributed by atoms with Gasteiger partial charge in [0.1, 0.15) is 26.4 Å². The molecular formula is C85H164O12. The predicted molar refractivity (Wildman–Crippen MR) is 408 cm³/mol. The summed E-state index contributed by atoms with van der Waals surface area (Å²) in [7, 11) is 0. The summed E-state index contributed by atoms with van der Waals surface area (Å²) < 4.78 is 47.5. The Morgan fingerprint density at radius 3 is 0.433 bits per heavy atom. The van der Waals surface area contributed by atoms with Crippen LogP contribution in [0.25, 0.3) is 0 Å². The highest BCUT2D eigenvalue weighted by Crippen LogP contribution is 2.23. The number of carbonyl (C=O) groups excluding carboxylic acids is 4. The second-order valence-electron chi connectivity index (χ2n) is 29.4. The summed E-state index contributed by atoms with van der Waals surface area (Å²) in [5, 5.41) is 0. The maximum atomic E-state index is 12.8. The molecule has 0 spiro atoms. The summed E-state index contributed by atoms with van der Waals surface area (Å²) in [5.74, 6) is -0.845. The summed E-state index contributed by atoms with van der Waals surface area (Å²) in [6, 6.07) is 0. The van der Waals surface area contributed by atoms with Crippen molar-refractivity contribution in [2.45, 2.75) is 439 Å². The molecule has 0 atom stereocenters. The molecule has 0 aromatic rings. The van der Waals surface area contributed by atoms with Crippen LogP contribution >= 0.6 is 0 Å². The van der Waals surface area contributed by atoms with Gasteiger partial charge in [-0.05, 0) is 25.7 Å². The van der Waals surface area contributed by atoms with Crippen molar-refractivity contribution in [1.82, 2.24) is 0 Å². The molecule has 0 bridgehead atoms. The second kappa shape index (κ2) is 81.0. The number of hydrogen-bond donors (Lipinski definition) is 0. The third-order valence-electron chi connectivity index (χ3n) is 19.5. The quantitative estimate of drug-likeness (QED) is 0.0325. The van der Waals surface area contributed by atoms with E-state index in [0.717, 1.165) is 77.0 Å². The first-order chi connectivity index (χ1) is 47.8. The van der Waals surface area contributed by atoms with Crippen molar-refractivity contribution < 1.29 is 57.1 Å². The Bertz CT molecular complexity index is 1360. The van der Waals surface area contributed by atoms with Crippen LogP contribution in [-0.4, -0.2) is 103 Å². The fourth-order valence-electron chi connectivity index (χ4n) is 13.1. The van der Waals surface area contributed by atoms with Gasteiger partial charge in [0.2, 0.25) is 0 Å². The number of ether oxygens (including phenoxy) is 8. The lowest BCUT2D eigenvalue weighted by Gasteiger charge is -2.33. The van der Waals surface area contributed by atoms with E-state index in [0.29, 0.717) is 25.7 Å². The van der Waals surface area contributed by atoms with Gasteiger partial charge >= 0.3 is 23.9 Å². The minimum atomic E-state index is -0.842. The Kier molecular flexibility index (Phi) is 79.1. The highest BCUT2D eigenvalue weighted by molar-refractivity contribution is 5.70. The van der Waals surface area contributed by atoms with Gasteiger partial charge in [-0.15, -0.1) is 0 Å². The van der Waals surface area contributed by atoms with Gasteiger partial charge in [0.05, 0.1) is 58.3 Å². The number of hydrogen-bond acceptors (Lipinski definition) is 12. The maximum absolute atomic E-state index is 12.8. The minimum absolute atomic E-state index is 0.121. The minimum Gasteiger partial charge on any atom is -0.463 e. The van der Waals surface area contributed by atoms with Crippen molar-refractivity contribution in [3.8, 4) is 0 Å². The molecule has 0 saturated carbocycles. The van der Waals surface area contributed by atoms with Gasteiger partial charge in [-0.25, -0.2) is 0 Å². The molecule has 0 aliphatic carbocycles. The van der Waals surface area contributed by atoms with Gasteiger partial charge in [-0.2, -0.15) is 0 Å². The zero-order valence-corrected chi connectivity index (χ0v) is 65.1. The lowest BCUT2D eigenvalue weighted by atomic mass is 9.92. The first kappa shape index (κ1) is 94.7. The van der Waals surface area contributed by atoms with E-state index in [9.17, 15) is 19.2 Å². The Morgan fingerprint density at radius 1 is 0.175 bits per heavy atom. The molecule has 0 aromatic carbocycles. The average molecular weight is 1380 g/mol. The maximum Gasteiger partial charge on any atom is 0.305 e. The highest BCUT2D eigenvalue weighted by Gasteiger charge is 2.33. The van der Waals surface area contributed by atoms with Gasteiger partial charge in [-0.3, -0.25) is 19.2 Å². The van der Waals surface area contributed by atoms with Crippen LogP contribution in [0, 0.1) is 5.41 Å². The largest absolute Gasteiger partial charge is 0.463 e. The molecule has 0 aliphatic rings. The van der Waals surface area contributed by atoms with Crippen molar-refractivity contribution in [3.05, 3.63) is 0 Å². The first-order valence-corrected chi connectivity index (χ1v) is 42.8. The molecule has 0 unspecified atom stereocenters. The monoisotopic (exact) mass is 1380 g/mol. The van der Waals surface area contributed by atoms with E-state index in [4.69, 9.17) is 37.9 Å².